The molecule has 1 aromatic carbocycles. The number of ether oxygens (including phenoxy) is 1. The molecular weight excluding hydrogens is 536 g/mol. The van der Waals surface area contributed by atoms with E-state index in [9.17, 15) is 24.3 Å². The normalized spacial score (nSPS) is 19.4. The fourth-order valence-corrected chi connectivity index (χ4v) is 6.49. The fourth-order valence-electron chi connectivity index (χ4n) is 3.24. The smallest absolute Gasteiger partial charge is 0.352 e. The van der Waals surface area contributed by atoms with Gasteiger partial charge in [-0.05, 0) is 17.7 Å². The number of β-lactam (4-membered cyclic amide) rings is 1. The van der Waals surface area contributed by atoms with Crippen LogP contribution in [0.15, 0.2) is 40.5 Å². The van der Waals surface area contributed by atoms with Crippen molar-refractivity contribution in [1.29, 1.82) is 5.26 Å². The first-order valence-corrected chi connectivity index (χ1v) is 13.4. The highest BCUT2D eigenvalue weighted by molar-refractivity contribution is 8.38. The molecule has 184 valence electrons. The maximum atomic E-state index is 12.7. The van der Waals surface area contributed by atoms with Crippen LogP contribution in [0.25, 0.3) is 0 Å². The lowest BCUT2D eigenvalue weighted by molar-refractivity contribution is -0.150. The van der Waals surface area contributed by atoms with Crippen molar-refractivity contribution < 1.29 is 29.0 Å². The molecule has 2 amide bonds. The molecule has 2 aliphatic heterocycles. The number of nitrogens with zero attached hydrogens (tertiary/aromatic N) is 3. The number of fused-ring (bicyclic) bond motifs is 1. The second kappa shape index (κ2) is 12.3. The Morgan fingerprint density at radius 3 is 2.83 bits per heavy atom. The van der Waals surface area contributed by atoms with Gasteiger partial charge in [0.05, 0.1) is 5.75 Å². The lowest BCUT2D eigenvalue weighted by Crippen LogP contribution is -2.70. The first-order valence-electron chi connectivity index (χ1n) is 10.0. The Labute approximate surface area is 218 Å². The van der Waals surface area contributed by atoms with Crippen molar-refractivity contribution in [1.82, 2.24) is 10.2 Å². The molecule has 2 aliphatic rings. The molecule has 0 saturated carbocycles. The van der Waals surface area contributed by atoms with Gasteiger partial charge in [-0.15, -0.1) is 11.8 Å². The summed E-state index contributed by atoms with van der Waals surface area (Å²) in [6.07, 6.45) is 1.72. The quantitative estimate of drug-likeness (QED) is 0.161. The van der Waals surface area contributed by atoms with Gasteiger partial charge in [-0.2, -0.15) is 10.3 Å². The minimum absolute atomic E-state index is 0.0798. The minimum Gasteiger partial charge on any atom is -0.477 e. The fraction of sp³-hybridized carbons (Fsp3) is 0.333. The number of carboxylic acid groups (broad SMARTS) is 1. The summed E-state index contributed by atoms with van der Waals surface area (Å²) in [6, 6.07) is 6.36. The van der Waals surface area contributed by atoms with E-state index in [1.165, 1.54) is 30.4 Å². The van der Waals surface area contributed by atoms with E-state index in [2.05, 4.69) is 10.3 Å². The summed E-state index contributed by atoms with van der Waals surface area (Å²) in [5.74, 6) is -2.21. The van der Waals surface area contributed by atoms with E-state index in [-0.39, 0.29) is 23.8 Å². The van der Waals surface area contributed by atoms with Gasteiger partial charge in [0.15, 0.2) is 0 Å². The van der Waals surface area contributed by atoms with Gasteiger partial charge in [0.2, 0.25) is 12.1 Å². The summed E-state index contributed by atoms with van der Waals surface area (Å²) < 4.78 is 5.29. The van der Waals surface area contributed by atoms with E-state index in [0.717, 1.165) is 22.2 Å². The van der Waals surface area contributed by atoms with Crippen LogP contribution in [-0.4, -0.2) is 67.7 Å². The number of esters is 1. The number of halogens is 1. The number of carboxylic acids is 1. The number of benzene rings is 1. The molecule has 0 radical (unpaired) electrons. The predicted molar refractivity (Wildman–Crippen MR) is 135 cm³/mol. The van der Waals surface area contributed by atoms with Crippen molar-refractivity contribution in [3.8, 4) is 6.19 Å². The SMILES string of the molecule is CC(=O)OCC1=C(C(=O)O)N2C(=O)[C@@H](NC(=O)CSC(=NC#N)SCc3cccc(Cl)c3)[C@H]2SC1. The van der Waals surface area contributed by atoms with Gasteiger partial charge in [-0.25, -0.2) is 4.79 Å². The Balaban J connectivity index is 1.55. The number of rotatable bonds is 8. The Morgan fingerprint density at radius 1 is 1.40 bits per heavy atom. The highest BCUT2D eigenvalue weighted by atomic mass is 35.5. The van der Waals surface area contributed by atoms with E-state index in [1.54, 1.807) is 18.3 Å². The van der Waals surface area contributed by atoms with E-state index >= 15 is 0 Å². The van der Waals surface area contributed by atoms with E-state index in [0.29, 0.717) is 20.7 Å². The van der Waals surface area contributed by atoms with Gasteiger partial charge in [-0.3, -0.25) is 19.3 Å². The first kappa shape index (κ1) is 26.9. The average molecular weight is 555 g/mol. The van der Waals surface area contributed by atoms with Crippen LogP contribution in [0.4, 0.5) is 0 Å². The van der Waals surface area contributed by atoms with Gasteiger partial charge in [0, 0.05) is 29.0 Å². The number of hydrogen-bond acceptors (Lipinski definition) is 10. The standard InChI is InChI=1S/C21H19ClN4O6S3/c1-11(27)32-6-13-8-33-19-16(18(29)26(19)17(13)20(30)31)25-15(28)9-35-21(24-10-23)34-7-12-3-2-4-14(22)5-12/h2-5,16,19H,6-9H2,1H3,(H,25,28)(H,30,31)/t16-,19-/m1/s1. The molecule has 0 aromatic heterocycles. The molecule has 1 aromatic rings. The van der Waals surface area contributed by atoms with Crippen LogP contribution in [0.1, 0.15) is 12.5 Å². The number of nitrogens with one attached hydrogen (secondary N) is 1. The summed E-state index contributed by atoms with van der Waals surface area (Å²) in [5.41, 5.74) is 1.03. The number of carbonyl (C=O) groups excluding carboxylic acids is 3. The zero-order chi connectivity index (χ0) is 25.5. The number of aliphatic imine (C=N–C) groups is 1. The van der Waals surface area contributed by atoms with Crippen molar-refractivity contribution >= 4 is 75.0 Å². The molecule has 0 bridgehead atoms. The molecule has 0 aliphatic carbocycles. The number of nitriles is 1. The maximum Gasteiger partial charge on any atom is 0.352 e. The third kappa shape index (κ3) is 6.94. The Kier molecular flexibility index (Phi) is 9.50. The van der Waals surface area contributed by atoms with E-state index < -0.39 is 35.2 Å². The van der Waals surface area contributed by atoms with Crippen LogP contribution in [0, 0.1) is 11.5 Å². The summed E-state index contributed by atoms with van der Waals surface area (Å²) in [5, 5.41) is 21.2. The zero-order valence-electron chi connectivity index (χ0n) is 18.2. The minimum atomic E-state index is -1.31. The summed E-state index contributed by atoms with van der Waals surface area (Å²) in [6.45, 7) is 0.989. The molecule has 3 rings (SSSR count). The molecule has 1 fully saturated rings. The number of carbonyl (C=O) groups is 4. The number of thioether (sulfide) groups is 3. The average Bonchev–Trinajstić information content (AvgIpc) is 2.82. The first-order chi connectivity index (χ1) is 16.7. The molecule has 35 heavy (non-hydrogen) atoms. The third-order valence-electron chi connectivity index (χ3n) is 4.74. The molecule has 10 nitrogen and oxygen atoms in total. The van der Waals surface area contributed by atoms with Crippen molar-refractivity contribution in [3.63, 3.8) is 0 Å². The lowest BCUT2D eigenvalue weighted by atomic mass is 10.0. The summed E-state index contributed by atoms with van der Waals surface area (Å²) in [7, 11) is 0. The zero-order valence-corrected chi connectivity index (χ0v) is 21.4. The van der Waals surface area contributed by atoms with Crippen LogP contribution < -0.4 is 5.32 Å². The summed E-state index contributed by atoms with van der Waals surface area (Å²) >= 11 is 9.60. The second-order valence-electron chi connectivity index (χ2n) is 7.18. The molecule has 1 saturated heterocycles. The largest absolute Gasteiger partial charge is 0.477 e. The van der Waals surface area contributed by atoms with Crippen LogP contribution in [0.5, 0.6) is 0 Å². The van der Waals surface area contributed by atoms with Crippen molar-refractivity contribution in [2.75, 3.05) is 18.1 Å². The van der Waals surface area contributed by atoms with Crippen molar-refractivity contribution in [3.05, 3.63) is 46.1 Å². The molecule has 2 atom stereocenters. The van der Waals surface area contributed by atoms with Crippen LogP contribution in [0.3, 0.4) is 0 Å². The maximum absolute atomic E-state index is 12.7. The van der Waals surface area contributed by atoms with Crippen LogP contribution in [-0.2, 0) is 29.7 Å². The highest BCUT2D eigenvalue weighted by Crippen LogP contribution is 2.40. The molecule has 0 spiro atoms. The van der Waals surface area contributed by atoms with Crippen molar-refractivity contribution in [2.45, 2.75) is 24.1 Å². The predicted octanol–water partition coefficient (Wildman–Crippen LogP) is 2.45. The van der Waals surface area contributed by atoms with Crippen LogP contribution >= 0.6 is 46.9 Å². The number of amides is 2. The van der Waals surface area contributed by atoms with E-state index in [4.69, 9.17) is 21.6 Å². The highest BCUT2D eigenvalue weighted by Gasteiger charge is 2.54. The Hall–Kier alpha value is -2.66. The molecule has 14 heteroatoms. The summed E-state index contributed by atoms with van der Waals surface area (Å²) in [4.78, 5) is 52.8. The molecule has 0 unspecified atom stereocenters. The van der Waals surface area contributed by atoms with Crippen LogP contribution in [0.2, 0.25) is 5.02 Å². The third-order valence-corrected chi connectivity index (χ3v) is 8.58. The van der Waals surface area contributed by atoms with E-state index in [1.807, 2.05) is 12.1 Å². The van der Waals surface area contributed by atoms with Gasteiger partial charge >= 0.3 is 11.9 Å². The van der Waals surface area contributed by atoms with Gasteiger partial charge in [-0.1, -0.05) is 47.3 Å². The molecule has 2 heterocycles. The Bertz CT molecular complexity index is 1150. The van der Waals surface area contributed by atoms with Gasteiger partial charge < -0.3 is 15.2 Å². The van der Waals surface area contributed by atoms with Gasteiger partial charge in [0.1, 0.15) is 28.1 Å². The second-order valence-corrected chi connectivity index (χ2v) is 10.9. The van der Waals surface area contributed by atoms with Crippen molar-refractivity contribution in [2.24, 2.45) is 4.99 Å². The van der Waals surface area contributed by atoms with Gasteiger partial charge in [0.25, 0.3) is 5.91 Å². The Morgan fingerprint density at radius 2 is 2.17 bits per heavy atom. The number of hydrogen-bond donors (Lipinski definition) is 2. The number of aliphatic carboxylic acids is 1. The topological polar surface area (TPSA) is 149 Å². The molecule has 2 N–H and O–H groups in total. The molecular formula is C21H19ClN4O6S3. The lowest BCUT2D eigenvalue weighted by Gasteiger charge is -2.49. The monoisotopic (exact) mass is 554 g/mol.